The zero-order valence-electron chi connectivity index (χ0n) is 15.2. The molecule has 1 unspecified atom stereocenters. The Labute approximate surface area is 162 Å². The van der Waals surface area contributed by atoms with Crippen LogP contribution in [0.25, 0.3) is 0 Å². The summed E-state index contributed by atoms with van der Waals surface area (Å²) in [5.74, 6) is -3.06. The third-order valence-corrected chi connectivity index (χ3v) is 5.71. The number of amides is 1. The number of aromatic nitrogens is 1. The first kappa shape index (κ1) is 21.8. The molecule has 1 N–H and O–H groups in total. The van der Waals surface area contributed by atoms with Crippen molar-refractivity contribution in [3.8, 4) is 0 Å². The van der Waals surface area contributed by atoms with Crippen molar-refractivity contribution in [3.63, 3.8) is 0 Å². The van der Waals surface area contributed by atoms with E-state index in [1.807, 2.05) is 0 Å². The first-order chi connectivity index (χ1) is 12.3. The molecule has 7 nitrogen and oxygen atoms in total. The summed E-state index contributed by atoms with van der Waals surface area (Å²) in [4.78, 5) is 16.7. The summed E-state index contributed by atoms with van der Waals surface area (Å²) < 4.78 is 59.9. The molecule has 1 saturated heterocycles. The molecule has 11 heteroatoms. The summed E-state index contributed by atoms with van der Waals surface area (Å²) in [6, 6.07) is 1.91. The zero-order chi connectivity index (χ0) is 20.5. The minimum Gasteiger partial charge on any atom is -0.444 e. The lowest BCUT2D eigenvalue weighted by molar-refractivity contribution is -0.0843. The van der Waals surface area contributed by atoms with Gasteiger partial charge in [0.2, 0.25) is 10.0 Å². The average molecular weight is 426 g/mol. The van der Waals surface area contributed by atoms with Gasteiger partial charge in [0.25, 0.3) is 5.92 Å². The minimum absolute atomic E-state index is 0.0739. The highest BCUT2D eigenvalue weighted by Gasteiger charge is 2.43. The van der Waals surface area contributed by atoms with Crippen molar-refractivity contribution in [1.82, 2.24) is 14.6 Å². The van der Waals surface area contributed by atoms with Crippen LogP contribution in [0.3, 0.4) is 0 Å². The molecule has 1 fully saturated rings. The van der Waals surface area contributed by atoms with Crippen LogP contribution in [0.2, 0.25) is 5.15 Å². The number of sulfonamides is 1. The maximum atomic E-state index is 13.8. The van der Waals surface area contributed by atoms with Gasteiger partial charge in [-0.3, -0.25) is 4.90 Å². The second-order valence-electron chi connectivity index (χ2n) is 7.30. The van der Waals surface area contributed by atoms with Gasteiger partial charge in [0.15, 0.2) is 0 Å². The summed E-state index contributed by atoms with van der Waals surface area (Å²) in [7, 11) is -4.01. The van der Waals surface area contributed by atoms with E-state index >= 15 is 0 Å². The molecule has 1 aromatic rings. The topological polar surface area (TPSA) is 88.6 Å². The molecule has 1 amide bonds. The Morgan fingerprint density at radius 2 is 2.15 bits per heavy atom. The number of hydrogen-bond acceptors (Lipinski definition) is 5. The molecule has 0 radical (unpaired) electrons. The first-order valence-electron chi connectivity index (χ1n) is 8.28. The van der Waals surface area contributed by atoms with Gasteiger partial charge in [-0.2, -0.15) is 0 Å². The predicted molar refractivity (Wildman–Crippen MR) is 95.3 cm³/mol. The van der Waals surface area contributed by atoms with Crippen LogP contribution in [-0.4, -0.2) is 55.0 Å². The molecular weight excluding hydrogens is 404 g/mol. The molecule has 1 aromatic heterocycles. The summed E-state index contributed by atoms with van der Waals surface area (Å²) >= 11 is 5.81. The highest BCUT2D eigenvalue weighted by Crippen LogP contribution is 2.31. The molecule has 1 aliphatic rings. The monoisotopic (exact) mass is 425 g/mol. The van der Waals surface area contributed by atoms with E-state index in [4.69, 9.17) is 16.3 Å². The molecule has 1 atom stereocenters. The van der Waals surface area contributed by atoms with E-state index in [0.29, 0.717) is 0 Å². The maximum Gasteiger partial charge on any atom is 0.410 e. The summed E-state index contributed by atoms with van der Waals surface area (Å²) in [6.07, 6.45) is -0.0954. The molecule has 152 valence electrons. The molecule has 0 aromatic carbocycles. The molecule has 0 bridgehead atoms. The van der Waals surface area contributed by atoms with E-state index in [2.05, 4.69) is 9.71 Å². The van der Waals surface area contributed by atoms with Crippen LogP contribution in [0, 0.1) is 0 Å². The molecule has 2 heterocycles. The Hall–Kier alpha value is -1.52. The van der Waals surface area contributed by atoms with E-state index in [1.54, 1.807) is 20.8 Å². The number of pyridine rings is 1. The number of alkyl halides is 2. The van der Waals surface area contributed by atoms with E-state index in [9.17, 15) is 22.0 Å². The van der Waals surface area contributed by atoms with Crippen LogP contribution >= 0.6 is 11.6 Å². The molecule has 0 aliphatic carbocycles. The van der Waals surface area contributed by atoms with E-state index in [-0.39, 0.29) is 23.0 Å². The van der Waals surface area contributed by atoms with Gasteiger partial charge >= 0.3 is 6.09 Å². The Morgan fingerprint density at radius 3 is 2.74 bits per heavy atom. The van der Waals surface area contributed by atoms with Gasteiger partial charge in [-0.05, 0) is 39.3 Å². The van der Waals surface area contributed by atoms with Crippen molar-refractivity contribution >= 4 is 27.7 Å². The lowest BCUT2D eigenvalue weighted by Gasteiger charge is -2.39. The highest BCUT2D eigenvalue weighted by molar-refractivity contribution is 7.89. The standard InChI is InChI=1S/C16H22ClF2N3O4S/c1-15(2,3)26-14(23)22-10-16(18,19)7-6-11(22)9-21-27(24,25)12-5-4-8-20-13(12)17/h4-5,8,11,21H,6-7,9-10H2,1-3H3. The van der Waals surface area contributed by atoms with Gasteiger partial charge in [0.1, 0.15) is 15.6 Å². The van der Waals surface area contributed by atoms with Crippen LogP contribution in [0.5, 0.6) is 0 Å². The van der Waals surface area contributed by atoms with Crippen molar-refractivity contribution in [2.75, 3.05) is 13.1 Å². The van der Waals surface area contributed by atoms with Crippen LogP contribution in [-0.2, 0) is 14.8 Å². The Bertz CT molecular complexity index is 799. The third kappa shape index (κ3) is 5.98. The molecule has 2 rings (SSSR count). The maximum absolute atomic E-state index is 13.8. The Kier molecular flexibility index (Phi) is 6.33. The van der Waals surface area contributed by atoms with Crippen LogP contribution in [0.4, 0.5) is 13.6 Å². The number of hydrogen-bond donors (Lipinski definition) is 1. The number of rotatable bonds is 4. The average Bonchev–Trinajstić information content (AvgIpc) is 2.51. The first-order valence-corrected chi connectivity index (χ1v) is 10.1. The SMILES string of the molecule is CC(C)(C)OC(=O)N1CC(F)(F)CCC1CNS(=O)(=O)c1cccnc1Cl. The molecule has 0 saturated carbocycles. The number of piperidine rings is 1. The van der Waals surface area contributed by atoms with E-state index in [0.717, 1.165) is 4.90 Å². The van der Waals surface area contributed by atoms with Crippen molar-refractivity contribution in [1.29, 1.82) is 0 Å². The Balaban J connectivity index is 2.15. The van der Waals surface area contributed by atoms with Gasteiger partial charge in [-0.15, -0.1) is 0 Å². The van der Waals surface area contributed by atoms with Crippen molar-refractivity contribution in [3.05, 3.63) is 23.5 Å². The number of nitrogens with zero attached hydrogens (tertiary/aromatic N) is 2. The van der Waals surface area contributed by atoms with Crippen LogP contribution < -0.4 is 4.72 Å². The minimum atomic E-state index is -4.01. The smallest absolute Gasteiger partial charge is 0.410 e. The number of nitrogens with one attached hydrogen (secondary N) is 1. The second kappa shape index (κ2) is 7.84. The number of likely N-dealkylation sites (tertiary alicyclic amines) is 1. The van der Waals surface area contributed by atoms with Gasteiger partial charge in [-0.1, -0.05) is 11.6 Å². The number of ether oxygens (including phenoxy) is 1. The Morgan fingerprint density at radius 1 is 1.48 bits per heavy atom. The quantitative estimate of drug-likeness (QED) is 0.749. The van der Waals surface area contributed by atoms with Gasteiger partial charge in [0, 0.05) is 25.2 Å². The fourth-order valence-corrected chi connectivity index (χ4v) is 4.12. The van der Waals surface area contributed by atoms with Crippen LogP contribution in [0.15, 0.2) is 23.2 Å². The number of halogens is 3. The lowest BCUT2D eigenvalue weighted by Crippen LogP contribution is -2.56. The predicted octanol–water partition coefficient (Wildman–Crippen LogP) is 3.05. The van der Waals surface area contributed by atoms with Crippen molar-refractivity contribution in [2.24, 2.45) is 0 Å². The van der Waals surface area contributed by atoms with E-state index in [1.165, 1.54) is 18.3 Å². The summed E-state index contributed by atoms with van der Waals surface area (Å²) in [5, 5.41) is -0.204. The fraction of sp³-hybridized carbons (Fsp3) is 0.625. The second-order valence-corrected chi connectivity index (χ2v) is 9.39. The van der Waals surface area contributed by atoms with Crippen molar-refractivity contribution in [2.45, 2.75) is 56.1 Å². The van der Waals surface area contributed by atoms with Crippen LogP contribution in [0.1, 0.15) is 33.6 Å². The van der Waals surface area contributed by atoms with Crippen molar-refractivity contribution < 1.29 is 26.7 Å². The van der Waals surface area contributed by atoms with E-state index < -0.39 is 46.6 Å². The molecule has 1 aliphatic heterocycles. The molecule has 27 heavy (non-hydrogen) atoms. The normalized spacial score (nSPS) is 20.4. The lowest BCUT2D eigenvalue weighted by atomic mass is 10.00. The third-order valence-electron chi connectivity index (χ3n) is 3.84. The van der Waals surface area contributed by atoms with Gasteiger partial charge in [-0.25, -0.2) is 31.7 Å². The largest absolute Gasteiger partial charge is 0.444 e. The summed E-state index contributed by atoms with van der Waals surface area (Å²) in [6.45, 7) is 3.78. The van der Waals surface area contributed by atoms with Gasteiger partial charge < -0.3 is 4.74 Å². The highest BCUT2D eigenvalue weighted by atomic mass is 35.5. The summed E-state index contributed by atoms with van der Waals surface area (Å²) in [5.41, 5.74) is -0.864. The fourth-order valence-electron chi connectivity index (χ4n) is 2.59. The molecular formula is C16H22ClF2N3O4S. The molecule has 0 spiro atoms. The zero-order valence-corrected chi connectivity index (χ0v) is 16.8. The van der Waals surface area contributed by atoms with Gasteiger partial charge in [0.05, 0.1) is 6.54 Å². The number of carbonyl (C=O) groups is 1. The number of carbonyl (C=O) groups excluding carboxylic acids is 1.